The topological polar surface area (TPSA) is 108 Å². The van der Waals surface area contributed by atoms with Gasteiger partial charge in [-0.3, -0.25) is 14.9 Å². The average Bonchev–Trinajstić information content (AvgIpc) is 2.95. The van der Waals surface area contributed by atoms with Gasteiger partial charge in [0.1, 0.15) is 12.0 Å². The van der Waals surface area contributed by atoms with Gasteiger partial charge in [-0.25, -0.2) is 0 Å². The van der Waals surface area contributed by atoms with Crippen molar-refractivity contribution in [3.05, 3.63) is 40.6 Å². The minimum absolute atomic E-state index is 0.0581. The van der Waals surface area contributed by atoms with Crippen molar-refractivity contribution < 1.29 is 18.9 Å². The number of benzene rings is 1. The summed E-state index contributed by atoms with van der Waals surface area (Å²) in [6.07, 6.45) is 1.52. The highest BCUT2D eigenvalue weighted by molar-refractivity contribution is 5.61. The maximum Gasteiger partial charge on any atom is 0.295 e. The van der Waals surface area contributed by atoms with Crippen LogP contribution in [0.3, 0.4) is 0 Å². The first-order valence-electron chi connectivity index (χ1n) is 6.41. The molecule has 118 valence electrons. The molecule has 0 spiro atoms. The van der Waals surface area contributed by atoms with E-state index in [1.165, 1.54) is 25.5 Å². The lowest BCUT2D eigenvalue weighted by Crippen LogP contribution is -2.09. The van der Waals surface area contributed by atoms with E-state index in [2.05, 4.69) is 15.0 Å². The molecule has 0 atom stereocenters. The predicted molar refractivity (Wildman–Crippen MR) is 80.4 cm³/mol. The smallest absolute Gasteiger partial charge is 0.295 e. The fourth-order valence-corrected chi connectivity index (χ4v) is 1.47. The first-order chi connectivity index (χ1) is 10.5. The van der Waals surface area contributed by atoms with Crippen LogP contribution in [0.2, 0.25) is 0 Å². The maximum absolute atomic E-state index is 10.5. The number of nitro groups is 1. The van der Waals surface area contributed by atoms with Gasteiger partial charge in [-0.05, 0) is 26.0 Å². The molecule has 0 unspecified atom stereocenters. The number of ether oxygens (including phenoxy) is 1. The Morgan fingerprint density at radius 3 is 2.41 bits per heavy atom. The lowest BCUT2D eigenvalue weighted by molar-refractivity contribution is -0.384. The molecular weight excluding hydrogens is 290 g/mol. The zero-order valence-corrected chi connectivity index (χ0v) is 12.5. The number of carbonyl (C=O) groups excluding carboxylic acids is 1. The highest BCUT2D eigenvalue weighted by atomic mass is 16.6. The van der Waals surface area contributed by atoms with Crippen LogP contribution in [0.1, 0.15) is 13.8 Å². The molecule has 8 nitrogen and oxygen atoms in total. The number of nitrogens with one attached hydrogen (secondary N) is 1. The van der Waals surface area contributed by atoms with Crippen molar-refractivity contribution in [2.75, 3.05) is 12.4 Å². The summed E-state index contributed by atoms with van der Waals surface area (Å²) in [5.41, 5.74) is 1.48. The van der Waals surface area contributed by atoms with Crippen molar-refractivity contribution in [3.63, 3.8) is 0 Å². The molecule has 2 aromatic rings. The summed E-state index contributed by atoms with van der Waals surface area (Å²) in [5.74, 6) is 0. The third-order valence-electron chi connectivity index (χ3n) is 2.39. The molecule has 1 N–H and O–H groups in total. The van der Waals surface area contributed by atoms with Crippen molar-refractivity contribution in [2.24, 2.45) is 0 Å². The normalized spacial score (nSPS) is 9.64. The first-order valence-corrected chi connectivity index (χ1v) is 6.41. The number of hydrogen-bond acceptors (Lipinski definition) is 7. The minimum Gasteiger partial charge on any atom is -0.471 e. The van der Waals surface area contributed by atoms with Gasteiger partial charge in [0.05, 0.1) is 12.0 Å². The maximum atomic E-state index is 10.5. The molecule has 1 heterocycles. The van der Waals surface area contributed by atoms with E-state index in [1.54, 1.807) is 12.1 Å². The summed E-state index contributed by atoms with van der Waals surface area (Å²) in [6.45, 7) is 4.34. The molecule has 0 amide bonds. The van der Waals surface area contributed by atoms with E-state index < -0.39 is 4.92 Å². The third-order valence-corrected chi connectivity index (χ3v) is 2.39. The SMILES string of the molecule is CC(C)Nc1nc(-c2ccc([N+](=O)[O-])cc2)co1.COC=O. The molecule has 0 aliphatic rings. The van der Waals surface area contributed by atoms with Crippen LogP contribution in [0, 0.1) is 10.1 Å². The quantitative estimate of drug-likeness (QED) is 0.514. The van der Waals surface area contributed by atoms with Crippen LogP contribution in [0.25, 0.3) is 11.3 Å². The molecule has 0 radical (unpaired) electrons. The van der Waals surface area contributed by atoms with Crippen LogP contribution in [-0.2, 0) is 9.53 Å². The largest absolute Gasteiger partial charge is 0.471 e. The summed E-state index contributed by atoms with van der Waals surface area (Å²) in [5, 5.41) is 13.6. The average molecular weight is 307 g/mol. The molecule has 1 aromatic heterocycles. The van der Waals surface area contributed by atoms with Crippen molar-refractivity contribution >= 4 is 18.2 Å². The minimum atomic E-state index is -0.432. The Bertz CT molecular complexity index is 607. The van der Waals surface area contributed by atoms with E-state index in [1.807, 2.05) is 13.8 Å². The number of nitro benzene ring substituents is 1. The Balaban J connectivity index is 0.000000541. The second kappa shape index (κ2) is 8.40. The summed E-state index contributed by atoms with van der Waals surface area (Å²) < 4.78 is 9.11. The van der Waals surface area contributed by atoms with Gasteiger partial charge in [-0.1, -0.05) is 0 Å². The molecule has 22 heavy (non-hydrogen) atoms. The number of oxazole rings is 1. The van der Waals surface area contributed by atoms with Crippen molar-refractivity contribution in [1.29, 1.82) is 0 Å². The van der Waals surface area contributed by atoms with Crippen molar-refractivity contribution in [2.45, 2.75) is 19.9 Å². The standard InChI is InChI=1S/C12H13N3O3.C2H4O2/c1-8(2)13-12-14-11(7-18-12)9-3-5-10(6-4-9)15(16)17;1-4-2-3/h3-8H,1-2H3,(H,13,14);2H,1H3. The van der Waals surface area contributed by atoms with Crippen LogP contribution in [0.5, 0.6) is 0 Å². The van der Waals surface area contributed by atoms with Crippen LogP contribution >= 0.6 is 0 Å². The number of rotatable bonds is 5. The van der Waals surface area contributed by atoms with Crippen LogP contribution in [0.15, 0.2) is 34.9 Å². The highest BCUT2D eigenvalue weighted by Gasteiger charge is 2.09. The molecule has 0 aliphatic carbocycles. The van der Waals surface area contributed by atoms with E-state index in [0.717, 1.165) is 5.56 Å². The number of non-ortho nitro benzene ring substituents is 1. The second-order valence-corrected chi connectivity index (χ2v) is 4.47. The Morgan fingerprint density at radius 2 is 1.95 bits per heavy atom. The number of methoxy groups -OCH3 is 1. The van der Waals surface area contributed by atoms with E-state index in [9.17, 15) is 10.1 Å². The van der Waals surface area contributed by atoms with Gasteiger partial charge < -0.3 is 14.5 Å². The lowest BCUT2D eigenvalue weighted by Gasteiger charge is -2.02. The van der Waals surface area contributed by atoms with E-state index in [0.29, 0.717) is 18.2 Å². The molecule has 0 saturated heterocycles. The van der Waals surface area contributed by atoms with Crippen molar-refractivity contribution in [1.82, 2.24) is 4.98 Å². The predicted octanol–water partition coefficient (Wildman–Crippen LogP) is 2.86. The fourth-order valence-electron chi connectivity index (χ4n) is 1.47. The van der Waals surface area contributed by atoms with Crippen LogP contribution < -0.4 is 5.32 Å². The van der Waals surface area contributed by atoms with E-state index in [4.69, 9.17) is 9.21 Å². The number of carbonyl (C=O) groups is 1. The summed E-state index contributed by atoms with van der Waals surface area (Å²) >= 11 is 0. The van der Waals surface area contributed by atoms with Crippen molar-refractivity contribution in [3.8, 4) is 11.3 Å². The highest BCUT2D eigenvalue weighted by Crippen LogP contribution is 2.23. The van der Waals surface area contributed by atoms with Crippen LogP contribution in [-0.4, -0.2) is 29.5 Å². The summed E-state index contributed by atoms with van der Waals surface area (Å²) in [7, 11) is 1.31. The van der Waals surface area contributed by atoms with Gasteiger partial charge in [0.15, 0.2) is 0 Å². The fraction of sp³-hybridized carbons (Fsp3) is 0.286. The van der Waals surface area contributed by atoms with E-state index >= 15 is 0 Å². The van der Waals surface area contributed by atoms with E-state index in [-0.39, 0.29) is 11.7 Å². The molecule has 0 fully saturated rings. The third kappa shape index (κ3) is 5.23. The van der Waals surface area contributed by atoms with Gasteiger partial charge in [-0.2, -0.15) is 4.98 Å². The molecular formula is C14H17N3O5. The summed E-state index contributed by atoms with van der Waals surface area (Å²) in [6, 6.07) is 6.86. The number of hydrogen-bond donors (Lipinski definition) is 1. The van der Waals surface area contributed by atoms with Gasteiger partial charge in [-0.15, -0.1) is 0 Å². The van der Waals surface area contributed by atoms with Gasteiger partial charge >= 0.3 is 0 Å². The van der Waals surface area contributed by atoms with Gasteiger partial charge in [0.25, 0.3) is 18.2 Å². The van der Waals surface area contributed by atoms with Gasteiger partial charge in [0.2, 0.25) is 0 Å². The Hall–Kier alpha value is -2.90. The Kier molecular flexibility index (Phi) is 6.55. The molecule has 8 heteroatoms. The lowest BCUT2D eigenvalue weighted by atomic mass is 10.1. The zero-order valence-electron chi connectivity index (χ0n) is 12.5. The number of aromatic nitrogens is 1. The summed E-state index contributed by atoms with van der Waals surface area (Å²) in [4.78, 5) is 23.3. The zero-order chi connectivity index (χ0) is 16.5. The number of nitrogens with zero attached hydrogens (tertiary/aromatic N) is 2. The molecule has 2 rings (SSSR count). The Labute approximate surface area is 127 Å². The Morgan fingerprint density at radius 1 is 1.36 bits per heavy atom. The number of anilines is 1. The monoisotopic (exact) mass is 307 g/mol. The van der Waals surface area contributed by atoms with Crippen LogP contribution in [0.4, 0.5) is 11.7 Å². The molecule has 1 aromatic carbocycles. The molecule has 0 saturated carbocycles. The first kappa shape index (κ1) is 17.2. The second-order valence-electron chi connectivity index (χ2n) is 4.47. The molecule has 0 bridgehead atoms. The van der Waals surface area contributed by atoms with Gasteiger partial charge in [0, 0.05) is 23.7 Å². The molecule has 0 aliphatic heterocycles.